The van der Waals surface area contributed by atoms with E-state index in [1.54, 1.807) is 0 Å². The molecule has 1 amide bonds. The Morgan fingerprint density at radius 3 is 2.65 bits per heavy atom. The number of carbonyl (C=O) groups excluding carboxylic acids is 1. The Bertz CT molecular complexity index is 718. The zero-order valence-electron chi connectivity index (χ0n) is 14.7. The van der Waals surface area contributed by atoms with Gasteiger partial charge in [-0.25, -0.2) is 0 Å². The van der Waals surface area contributed by atoms with Crippen molar-refractivity contribution in [1.82, 2.24) is 5.32 Å². The van der Waals surface area contributed by atoms with E-state index < -0.39 is 0 Å². The van der Waals surface area contributed by atoms with Gasteiger partial charge >= 0.3 is 0 Å². The number of carbonyl (C=O) groups is 1. The highest BCUT2D eigenvalue weighted by Crippen LogP contribution is 2.29. The van der Waals surface area contributed by atoms with Crippen LogP contribution >= 0.6 is 11.6 Å². The maximum absolute atomic E-state index is 12.1. The molecule has 0 atom stereocenters. The molecule has 1 aliphatic heterocycles. The fourth-order valence-corrected chi connectivity index (χ4v) is 3.13. The molecule has 1 fully saturated rings. The maximum atomic E-state index is 12.1. The zero-order valence-corrected chi connectivity index (χ0v) is 15.5. The van der Waals surface area contributed by atoms with Crippen molar-refractivity contribution in [3.05, 3.63) is 59.1 Å². The van der Waals surface area contributed by atoms with E-state index in [4.69, 9.17) is 16.3 Å². The molecule has 0 bridgehead atoms. The largest absolute Gasteiger partial charge is 0.378 e. The van der Waals surface area contributed by atoms with Gasteiger partial charge in [-0.05, 0) is 30.2 Å². The summed E-state index contributed by atoms with van der Waals surface area (Å²) in [4.78, 5) is 14.4. The van der Waals surface area contributed by atoms with Gasteiger partial charge in [0.1, 0.15) is 0 Å². The van der Waals surface area contributed by atoms with E-state index in [1.807, 2.05) is 36.4 Å². The molecule has 5 nitrogen and oxygen atoms in total. The Labute approximate surface area is 159 Å². The molecule has 26 heavy (non-hydrogen) atoms. The lowest BCUT2D eigenvalue weighted by molar-refractivity contribution is -0.119. The average molecular weight is 374 g/mol. The predicted octanol–water partition coefficient (Wildman–Crippen LogP) is 2.95. The number of halogens is 1. The molecule has 0 unspecified atom stereocenters. The van der Waals surface area contributed by atoms with Gasteiger partial charge in [-0.3, -0.25) is 4.79 Å². The lowest BCUT2D eigenvalue weighted by atomic mass is 10.1. The van der Waals surface area contributed by atoms with Gasteiger partial charge in [0.2, 0.25) is 5.91 Å². The number of benzene rings is 2. The molecule has 2 aromatic rings. The Hall–Kier alpha value is -2.24. The molecular weight excluding hydrogens is 350 g/mol. The first-order chi connectivity index (χ1) is 12.7. The summed E-state index contributed by atoms with van der Waals surface area (Å²) in [7, 11) is 0. The van der Waals surface area contributed by atoms with Gasteiger partial charge in [-0.2, -0.15) is 0 Å². The molecule has 1 heterocycles. The first kappa shape index (κ1) is 18.5. The first-order valence-corrected chi connectivity index (χ1v) is 9.27. The Morgan fingerprint density at radius 1 is 1.12 bits per heavy atom. The number of hydrogen-bond donors (Lipinski definition) is 2. The van der Waals surface area contributed by atoms with Crippen molar-refractivity contribution in [2.24, 2.45) is 0 Å². The van der Waals surface area contributed by atoms with Crippen LogP contribution in [0, 0.1) is 0 Å². The number of morpholine rings is 1. The minimum absolute atomic E-state index is 0.0335. The molecule has 0 saturated carbocycles. The van der Waals surface area contributed by atoms with Crippen LogP contribution in [0.15, 0.2) is 48.5 Å². The van der Waals surface area contributed by atoms with Gasteiger partial charge in [0.25, 0.3) is 0 Å². The molecule has 2 aromatic carbocycles. The quantitative estimate of drug-likeness (QED) is 0.783. The van der Waals surface area contributed by atoms with Crippen LogP contribution in [0.25, 0.3) is 0 Å². The normalized spacial score (nSPS) is 14.1. The minimum Gasteiger partial charge on any atom is -0.378 e. The summed E-state index contributed by atoms with van der Waals surface area (Å²) >= 11 is 6.14. The fraction of sp³-hybridized carbons (Fsp3) is 0.350. The van der Waals surface area contributed by atoms with Crippen molar-refractivity contribution >= 4 is 28.9 Å². The van der Waals surface area contributed by atoms with Crippen molar-refractivity contribution in [3.63, 3.8) is 0 Å². The van der Waals surface area contributed by atoms with Crippen LogP contribution in [0.3, 0.4) is 0 Å². The van der Waals surface area contributed by atoms with Gasteiger partial charge in [0.15, 0.2) is 0 Å². The standard InChI is InChI=1S/C20H24ClN3O2/c21-17-6-7-19(24-10-12-26-13-11-24)18(14-17)23-15-20(25)22-9-8-16-4-2-1-3-5-16/h1-7,14,23H,8-13,15H2,(H,22,25). The van der Waals surface area contributed by atoms with Crippen LogP contribution in [0.4, 0.5) is 11.4 Å². The second-order valence-electron chi connectivity index (χ2n) is 6.20. The third-order valence-electron chi connectivity index (χ3n) is 4.33. The molecule has 0 spiro atoms. The molecule has 1 saturated heterocycles. The van der Waals surface area contributed by atoms with Gasteiger partial charge in [-0.15, -0.1) is 0 Å². The van der Waals surface area contributed by atoms with Crippen molar-refractivity contribution in [3.8, 4) is 0 Å². The van der Waals surface area contributed by atoms with E-state index in [2.05, 4.69) is 27.7 Å². The zero-order chi connectivity index (χ0) is 18.2. The second kappa shape index (κ2) is 9.46. The lowest BCUT2D eigenvalue weighted by Gasteiger charge is -2.30. The molecule has 0 aliphatic carbocycles. The smallest absolute Gasteiger partial charge is 0.239 e. The summed E-state index contributed by atoms with van der Waals surface area (Å²) in [6, 6.07) is 15.8. The fourth-order valence-electron chi connectivity index (χ4n) is 2.96. The van der Waals surface area contributed by atoms with Gasteiger partial charge < -0.3 is 20.3 Å². The molecule has 138 valence electrons. The van der Waals surface area contributed by atoms with Crippen LogP contribution in [0.5, 0.6) is 0 Å². The predicted molar refractivity (Wildman–Crippen MR) is 106 cm³/mol. The van der Waals surface area contributed by atoms with Gasteiger partial charge in [0.05, 0.1) is 31.1 Å². The van der Waals surface area contributed by atoms with E-state index in [0.29, 0.717) is 24.8 Å². The van der Waals surface area contributed by atoms with Gasteiger partial charge in [0, 0.05) is 24.7 Å². The van der Waals surface area contributed by atoms with Crippen molar-refractivity contribution in [1.29, 1.82) is 0 Å². The number of amides is 1. The number of anilines is 2. The summed E-state index contributed by atoms with van der Waals surface area (Å²) in [5, 5.41) is 6.82. The Kier molecular flexibility index (Phi) is 6.75. The highest BCUT2D eigenvalue weighted by Gasteiger charge is 2.15. The molecule has 0 radical (unpaired) electrons. The lowest BCUT2D eigenvalue weighted by Crippen LogP contribution is -2.37. The Morgan fingerprint density at radius 2 is 1.88 bits per heavy atom. The SMILES string of the molecule is O=C(CNc1cc(Cl)ccc1N1CCOCC1)NCCc1ccccc1. The molecule has 1 aliphatic rings. The highest BCUT2D eigenvalue weighted by molar-refractivity contribution is 6.31. The number of rotatable bonds is 7. The average Bonchev–Trinajstić information content (AvgIpc) is 2.68. The monoisotopic (exact) mass is 373 g/mol. The number of ether oxygens (including phenoxy) is 1. The van der Waals surface area contributed by atoms with Crippen LogP contribution in [0.2, 0.25) is 5.02 Å². The summed E-state index contributed by atoms with van der Waals surface area (Å²) < 4.78 is 5.41. The highest BCUT2D eigenvalue weighted by atomic mass is 35.5. The van der Waals surface area contributed by atoms with E-state index in [0.717, 1.165) is 30.9 Å². The first-order valence-electron chi connectivity index (χ1n) is 8.89. The van der Waals surface area contributed by atoms with Crippen LogP contribution in [-0.4, -0.2) is 45.3 Å². The topological polar surface area (TPSA) is 53.6 Å². The molecule has 2 N–H and O–H groups in total. The third kappa shape index (κ3) is 5.38. The maximum Gasteiger partial charge on any atom is 0.239 e. The number of hydrogen-bond acceptors (Lipinski definition) is 4. The van der Waals surface area contributed by atoms with Gasteiger partial charge in [-0.1, -0.05) is 41.9 Å². The van der Waals surface area contributed by atoms with Crippen molar-refractivity contribution < 1.29 is 9.53 Å². The number of nitrogens with one attached hydrogen (secondary N) is 2. The molecular formula is C20H24ClN3O2. The summed E-state index contributed by atoms with van der Waals surface area (Å²) in [5.41, 5.74) is 3.14. The summed E-state index contributed by atoms with van der Waals surface area (Å²) in [5.74, 6) is -0.0335. The summed E-state index contributed by atoms with van der Waals surface area (Å²) in [6.45, 7) is 3.92. The molecule has 6 heteroatoms. The van der Waals surface area contributed by atoms with E-state index in [1.165, 1.54) is 5.56 Å². The minimum atomic E-state index is -0.0335. The Balaban J connectivity index is 1.51. The van der Waals surface area contributed by atoms with Crippen molar-refractivity contribution in [2.45, 2.75) is 6.42 Å². The molecule has 0 aromatic heterocycles. The third-order valence-corrected chi connectivity index (χ3v) is 4.56. The van der Waals surface area contributed by atoms with Crippen LogP contribution in [-0.2, 0) is 16.0 Å². The van der Waals surface area contributed by atoms with E-state index in [-0.39, 0.29) is 12.5 Å². The summed E-state index contributed by atoms with van der Waals surface area (Å²) in [6.07, 6.45) is 0.822. The van der Waals surface area contributed by atoms with Crippen LogP contribution < -0.4 is 15.5 Å². The van der Waals surface area contributed by atoms with Crippen molar-refractivity contribution in [2.75, 3.05) is 49.6 Å². The van der Waals surface area contributed by atoms with E-state index in [9.17, 15) is 4.79 Å². The second-order valence-corrected chi connectivity index (χ2v) is 6.64. The number of nitrogens with zero attached hydrogens (tertiary/aromatic N) is 1. The van der Waals surface area contributed by atoms with Crippen LogP contribution in [0.1, 0.15) is 5.56 Å². The molecule has 3 rings (SSSR count). The van der Waals surface area contributed by atoms with E-state index >= 15 is 0 Å².